The Labute approximate surface area is 130 Å². The second-order valence-electron chi connectivity index (χ2n) is 5.52. The second-order valence-corrected chi connectivity index (χ2v) is 5.52. The van der Waals surface area contributed by atoms with Gasteiger partial charge in [-0.1, -0.05) is 20.3 Å². The molecule has 2 unspecified atom stereocenters. The van der Waals surface area contributed by atoms with Crippen molar-refractivity contribution in [2.75, 3.05) is 18.4 Å². The molecule has 2 atom stereocenters. The van der Waals surface area contributed by atoms with Gasteiger partial charge in [0.05, 0.1) is 6.04 Å². The molecule has 120 valence electrons. The molecule has 1 aliphatic heterocycles. The summed E-state index contributed by atoms with van der Waals surface area (Å²) in [5, 5.41) is 5.66. The number of nitrogens with zero attached hydrogens (tertiary/aromatic N) is 3. The van der Waals surface area contributed by atoms with Gasteiger partial charge in [0.2, 0.25) is 0 Å². The predicted octanol–water partition coefficient (Wildman–Crippen LogP) is 1.44. The quantitative estimate of drug-likeness (QED) is 0.880. The highest BCUT2D eigenvalue weighted by Crippen LogP contribution is 2.17. The fourth-order valence-corrected chi connectivity index (χ4v) is 2.34. The molecule has 3 N–H and O–H groups in total. The fourth-order valence-electron chi connectivity index (χ4n) is 2.34. The summed E-state index contributed by atoms with van der Waals surface area (Å²) in [5.74, 6) is -0.116. The van der Waals surface area contributed by atoms with Gasteiger partial charge in [0.15, 0.2) is 0 Å². The highest BCUT2D eigenvalue weighted by Gasteiger charge is 2.34. The van der Waals surface area contributed by atoms with E-state index in [1.54, 1.807) is 24.5 Å². The van der Waals surface area contributed by atoms with Crippen molar-refractivity contribution in [3.05, 3.63) is 24.5 Å². The molecule has 1 saturated heterocycles. The van der Waals surface area contributed by atoms with E-state index in [4.69, 9.17) is 5.73 Å². The van der Waals surface area contributed by atoms with E-state index in [1.807, 2.05) is 13.8 Å². The van der Waals surface area contributed by atoms with Crippen LogP contribution in [0.5, 0.6) is 0 Å². The molecule has 0 radical (unpaired) electrons. The fraction of sp³-hybridized carbons (Fsp3) is 0.533. The first-order chi connectivity index (χ1) is 10.5. The summed E-state index contributed by atoms with van der Waals surface area (Å²) in [5.41, 5.74) is 6.65. The maximum Gasteiger partial charge on any atom is 0.340 e. The van der Waals surface area contributed by atoms with E-state index >= 15 is 0 Å². The number of carbonyl (C=O) groups is 2. The summed E-state index contributed by atoms with van der Waals surface area (Å²) in [7, 11) is 0. The number of hydrogen-bond acceptors (Lipinski definition) is 4. The van der Waals surface area contributed by atoms with Crippen molar-refractivity contribution in [1.29, 1.82) is 0 Å². The topological polar surface area (TPSA) is 91.6 Å². The average molecular weight is 305 g/mol. The van der Waals surface area contributed by atoms with Crippen molar-refractivity contribution in [2.45, 2.75) is 32.7 Å². The zero-order valence-electron chi connectivity index (χ0n) is 13.0. The van der Waals surface area contributed by atoms with Gasteiger partial charge in [-0.15, -0.1) is 0 Å². The zero-order valence-corrected chi connectivity index (χ0v) is 13.0. The maximum atomic E-state index is 12.5. The number of hydrogen-bond donors (Lipinski definition) is 2. The summed E-state index contributed by atoms with van der Waals surface area (Å²) in [6.45, 7) is 4.97. The van der Waals surface area contributed by atoms with Crippen molar-refractivity contribution < 1.29 is 9.59 Å². The number of nitrogens with two attached hydrogens (primary N) is 1. The third kappa shape index (κ3) is 3.54. The van der Waals surface area contributed by atoms with Crippen LogP contribution in [0.25, 0.3) is 0 Å². The number of anilines is 1. The highest BCUT2D eigenvalue weighted by molar-refractivity contribution is 5.92. The molecule has 0 aliphatic carbocycles. The zero-order chi connectivity index (χ0) is 16.1. The number of aromatic nitrogens is 1. The molecular weight excluding hydrogens is 282 g/mol. The van der Waals surface area contributed by atoms with Crippen molar-refractivity contribution in [1.82, 2.24) is 15.0 Å². The van der Waals surface area contributed by atoms with Gasteiger partial charge in [-0.2, -0.15) is 0 Å². The van der Waals surface area contributed by atoms with Crippen LogP contribution in [-0.2, 0) is 4.79 Å². The lowest BCUT2D eigenvalue weighted by molar-refractivity contribution is -0.142. The minimum Gasteiger partial charge on any atom is -0.320 e. The average Bonchev–Trinajstić information content (AvgIpc) is 3.03. The largest absolute Gasteiger partial charge is 0.340 e. The Bertz CT molecular complexity index is 522. The molecule has 0 bridgehead atoms. The van der Waals surface area contributed by atoms with Crippen LogP contribution in [0.4, 0.5) is 10.5 Å². The molecule has 0 spiro atoms. The van der Waals surface area contributed by atoms with Crippen LogP contribution in [0.1, 0.15) is 26.7 Å². The molecule has 22 heavy (non-hydrogen) atoms. The van der Waals surface area contributed by atoms with E-state index in [2.05, 4.69) is 10.3 Å². The molecule has 1 aromatic rings. The second kappa shape index (κ2) is 7.22. The van der Waals surface area contributed by atoms with Gasteiger partial charge in [-0.3, -0.25) is 9.78 Å². The molecule has 7 nitrogen and oxygen atoms in total. The van der Waals surface area contributed by atoms with E-state index in [0.717, 1.165) is 12.8 Å². The summed E-state index contributed by atoms with van der Waals surface area (Å²) in [6, 6.07) is 2.49. The Balaban J connectivity index is 2.03. The maximum absolute atomic E-state index is 12.5. The molecule has 1 aromatic heterocycles. The number of pyridine rings is 1. The van der Waals surface area contributed by atoms with Crippen molar-refractivity contribution in [2.24, 2.45) is 11.7 Å². The number of hydrazine groups is 1. The first kappa shape index (κ1) is 16.2. The first-order valence-electron chi connectivity index (χ1n) is 7.60. The Morgan fingerprint density at radius 2 is 1.95 bits per heavy atom. The van der Waals surface area contributed by atoms with Gasteiger partial charge in [-0.25, -0.2) is 14.8 Å². The van der Waals surface area contributed by atoms with Crippen LogP contribution in [0.3, 0.4) is 0 Å². The van der Waals surface area contributed by atoms with Crippen molar-refractivity contribution >= 4 is 17.6 Å². The lowest BCUT2D eigenvalue weighted by Gasteiger charge is -2.31. The summed E-state index contributed by atoms with van der Waals surface area (Å²) in [6.07, 6.45) is 4.77. The number of nitrogens with one attached hydrogen (secondary N) is 1. The predicted molar refractivity (Wildman–Crippen MR) is 83.7 cm³/mol. The van der Waals surface area contributed by atoms with Crippen LogP contribution in [0.15, 0.2) is 24.5 Å². The van der Waals surface area contributed by atoms with Gasteiger partial charge in [0, 0.05) is 31.2 Å². The first-order valence-corrected chi connectivity index (χ1v) is 7.60. The monoisotopic (exact) mass is 305 g/mol. The van der Waals surface area contributed by atoms with Crippen LogP contribution < -0.4 is 11.1 Å². The summed E-state index contributed by atoms with van der Waals surface area (Å²) >= 11 is 0. The van der Waals surface area contributed by atoms with Gasteiger partial charge < -0.3 is 11.1 Å². The van der Waals surface area contributed by atoms with Gasteiger partial charge in [-0.05, 0) is 24.5 Å². The summed E-state index contributed by atoms with van der Waals surface area (Å²) in [4.78, 5) is 28.7. The lowest BCUT2D eigenvalue weighted by atomic mass is 9.99. The van der Waals surface area contributed by atoms with Crippen molar-refractivity contribution in [3.8, 4) is 0 Å². The van der Waals surface area contributed by atoms with Gasteiger partial charge in [0.1, 0.15) is 0 Å². The molecule has 2 heterocycles. The van der Waals surface area contributed by atoms with Crippen LogP contribution in [-0.4, -0.2) is 46.1 Å². The van der Waals surface area contributed by atoms with Crippen LogP contribution >= 0.6 is 0 Å². The SMILES string of the molecule is CCC(C)C(N)C(=O)N1CCCN1C(=O)Nc1ccncc1. The van der Waals surface area contributed by atoms with Crippen molar-refractivity contribution in [3.63, 3.8) is 0 Å². The van der Waals surface area contributed by atoms with E-state index in [-0.39, 0.29) is 17.9 Å². The molecule has 3 amide bonds. The smallest absolute Gasteiger partial charge is 0.320 e. The molecular formula is C15H23N5O2. The lowest BCUT2D eigenvalue weighted by Crippen LogP contribution is -2.53. The van der Waals surface area contributed by atoms with E-state index in [1.165, 1.54) is 10.0 Å². The third-order valence-corrected chi connectivity index (χ3v) is 3.99. The normalized spacial score (nSPS) is 17.2. The molecule has 0 saturated carbocycles. The van der Waals surface area contributed by atoms with Crippen LogP contribution in [0.2, 0.25) is 0 Å². The molecule has 2 rings (SSSR count). The Kier molecular flexibility index (Phi) is 5.32. The standard InChI is InChI=1S/C15H23N5O2/c1-3-11(2)13(16)14(21)19-9-4-10-20(19)15(22)18-12-5-7-17-8-6-12/h5-8,11,13H,3-4,9-10,16H2,1-2H3,(H,17,18,22). The van der Waals surface area contributed by atoms with Crippen LogP contribution in [0, 0.1) is 5.92 Å². The number of amides is 3. The minimum absolute atomic E-state index is 0.0817. The summed E-state index contributed by atoms with van der Waals surface area (Å²) < 4.78 is 0. The van der Waals surface area contributed by atoms with E-state index < -0.39 is 6.04 Å². The Morgan fingerprint density at radius 1 is 1.32 bits per heavy atom. The van der Waals surface area contributed by atoms with E-state index in [0.29, 0.717) is 18.8 Å². The molecule has 1 aliphatic rings. The van der Waals surface area contributed by atoms with Gasteiger partial charge in [0.25, 0.3) is 5.91 Å². The highest BCUT2D eigenvalue weighted by atomic mass is 16.2. The number of rotatable bonds is 4. The Hall–Kier alpha value is -2.15. The molecule has 1 fully saturated rings. The van der Waals surface area contributed by atoms with E-state index in [9.17, 15) is 9.59 Å². The third-order valence-electron chi connectivity index (χ3n) is 3.99. The minimum atomic E-state index is -0.584. The Morgan fingerprint density at radius 3 is 2.59 bits per heavy atom. The number of carbonyl (C=O) groups excluding carboxylic acids is 2. The number of urea groups is 1. The molecule has 0 aromatic carbocycles. The molecule has 7 heteroatoms. The van der Waals surface area contributed by atoms with Gasteiger partial charge >= 0.3 is 6.03 Å².